The van der Waals surface area contributed by atoms with Crippen molar-refractivity contribution in [3.05, 3.63) is 47.2 Å². The summed E-state index contributed by atoms with van der Waals surface area (Å²) >= 11 is 1.73. The first kappa shape index (κ1) is 23.4. The van der Waals surface area contributed by atoms with Crippen molar-refractivity contribution in [3.63, 3.8) is 0 Å². The van der Waals surface area contributed by atoms with Gasteiger partial charge in [-0.3, -0.25) is 0 Å². The molecule has 0 bridgehead atoms. The smallest absolute Gasteiger partial charge is 0.225 e. The van der Waals surface area contributed by atoms with Crippen molar-refractivity contribution >= 4 is 39.1 Å². The third-order valence-corrected chi connectivity index (χ3v) is 7.08. The summed E-state index contributed by atoms with van der Waals surface area (Å²) < 4.78 is 6.69. The summed E-state index contributed by atoms with van der Waals surface area (Å²) in [5.41, 5.74) is 2.89. The molecule has 0 N–H and O–H groups in total. The van der Waals surface area contributed by atoms with E-state index < -0.39 is 0 Å². The summed E-state index contributed by atoms with van der Waals surface area (Å²) in [6.07, 6.45) is 4.56. The highest BCUT2D eigenvalue weighted by atomic mass is 32.1. The Morgan fingerprint density at radius 3 is 2.57 bits per heavy atom. The van der Waals surface area contributed by atoms with Gasteiger partial charge in [0.1, 0.15) is 5.82 Å². The number of hydrogen-bond acceptors (Lipinski definition) is 10. The first-order valence-electron chi connectivity index (χ1n) is 11.8. The zero-order chi connectivity index (χ0) is 24.4. The number of nitrogens with zero attached hydrogens (tertiary/aromatic N) is 8. The van der Waals surface area contributed by atoms with Gasteiger partial charge in [0.15, 0.2) is 11.6 Å². The summed E-state index contributed by atoms with van der Waals surface area (Å²) in [5.74, 6) is 3.29. The molecule has 5 rings (SSSR count). The molecular weight excluding hydrogens is 460 g/mol. The predicted molar refractivity (Wildman–Crippen MR) is 142 cm³/mol. The maximum absolute atomic E-state index is 5.59. The van der Waals surface area contributed by atoms with Crippen LogP contribution in [0.3, 0.4) is 0 Å². The van der Waals surface area contributed by atoms with Crippen LogP contribution in [0.25, 0.3) is 21.6 Å². The fourth-order valence-corrected chi connectivity index (χ4v) is 5.18. The lowest BCUT2D eigenvalue weighted by Crippen LogP contribution is -2.36. The number of aryl methyl sites for hydroxylation is 1. The number of ether oxygens (including phenoxy) is 1. The number of anilines is 3. The Labute approximate surface area is 209 Å². The molecule has 0 spiro atoms. The van der Waals surface area contributed by atoms with Crippen molar-refractivity contribution in [1.29, 1.82) is 0 Å². The van der Waals surface area contributed by atoms with Crippen molar-refractivity contribution in [2.45, 2.75) is 19.9 Å². The van der Waals surface area contributed by atoms with Crippen molar-refractivity contribution in [2.24, 2.45) is 0 Å². The van der Waals surface area contributed by atoms with Crippen molar-refractivity contribution in [3.8, 4) is 11.4 Å². The van der Waals surface area contributed by atoms with E-state index in [2.05, 4.69) is 37.7 Å². The van der Waals surface area contributed by atoms with Gasteiger partial charge in [-0.1, -0.05) is 6.92 Å². The summed E-state index contributed by atoms with van der Waals surface area (Å²) in [6.45, 7) is 5.83. The van der Waals surface area contributed by atoms with E-state index in [9.17, 15) is 0 Å². The number of pyridine rings is 1. The van der Waals surface area contributed by atoms with Gasteiger partial charge in [0, 0.05) is 62.8 Å². The maximum Gasteiger partial charge on any atom is 0.225 e. The van der Waals surface area contributed by atoms with Crippen LogP contribution in [0.4, 0.5) is 17.6 Å². The van der Waals surface area contributed by atoms with E-state index >= 15 is 0 Å². The Hall–Kier alpha value is -3.37. The van der Waals surface area contributed by atoms with Crippen molar-refractivity contribution in [2.75, 3.05) is 62.1 Å². The summed E-state index contributed by atoms with van der Waals surface area (Å²) in [4.78, 5) is 31.2. The standard InChI is InChI=1S/C25H30N8OS/c1-5-18-8-9-26-25(28-18)32(4)16-19-14-20-22(35-19)24(33-10-12-34-13-11-33)30-23(29-20)17-6-7-21(27-15-17)31(2)3/h6-9,14-15H,5,10-13,16H2,1-4H3. The second-order valence-electron chi connectivity index (χ2n) is 8.75. The van der Waals surface area contributed by atoms with E-state index in [-0.39, 0.29) is 0 Å². The summed E-state index contributed by atoms with van der Waals surface area (Å²) in [7, 11) is 5.99. The number of thiophene rings is 1. The van der Waals surface area contributed by atoms with Gasteiger partial charge in [-0.25, -0.2) is 24.9 Å². The molecule has 1 saturated heterocycles. The summed E-state index contributed by atoms with van der Waals surface area (Å²) in [6, 6.07) is 8.15. The zero-order valence-corrected chi connectivity index (χ0v) is 21.4. The molecule has 1 aliphatic rings. The minimum absolute atomic E-state index is 0.688. The molecule has 0 aliphatic carbocycles. The van der Waals surface area contributed by atoms with Gasteiger partial charge in [-0.05, 0) is 30.7 Å². The van der Waals surface area contributed by atoms with Gasteiger partial charge in [0.05, 0.1) is 30.0 Å². The molecule has 0 unspecified atom stereocenters. The molecule has 35 heavy (non-hydrogen) atoms. The van der Waals surface area contributed by atoms with Crippen LogP contribution in [-0.2, 0) is 17.7 Å². The van der Waals surface area contributed by atoms with E-state index in [4.69, 9.17) is 14.7 Å². The van der Waals surface area contributed by atoms with Crippen LogP contribution >= 0.6 is 11.3 Å². The van der Waals surface area contributed by atoms with E-state index in [0.717, 1.165) is 58.6 Å². The largest absolute Gasteiger partial charge is 0.378 e. The molecule has 0 amide bonds. The Kier molecular flexibility index (Phi) is 6.74. The minimum Gasteiger partial charge on any atom is -0.378 e. The second-order valence-corrected chi connectivity index (χ2v) is 9.89. The molecule has 1 fully saturated rings. The lowest BCUT2D eigenvalue weighted by atomic mass is 10.2. The highest BCUT2D eigenvalue weighted by molar-refractivity contribution is 7.19. The number of morpholine rings is 1. The number of rotatable bonds is 7. The Morgan fingerprint density at radius 1 is 1.03 bits per heavy atom. The lowest BCUT2D eigenvalue weighted by molar-refractivity contribution is 0.122. The van der Waals surface area contributed by atoms with E-state index in [0.29, 0.717) is 25.6 Å². The predicted octanol–water partition coefficient (Wildman–Crippen LogP) is 3.64. The van der Waals surface area contributed by atoms with Gasteiger partial charge in [-0.15, -0.1) is 11.3 Å². The van der Waals surface area contributed by atoms with E-state index in [1.54, 1.807) is 11.3 Å². The number of fused-ring (bicyclic) bond motifs is 1. The fourth-order valence-electron chi connectivity index (χ4n) is 4.01. The third kappa shape index (κ3) is 5.03. The van der Waals surface area contributed by atoms with Gasteiger partial charge >= 0.3 is 0 Å². The Morgan fingerprint density at radius 2 is 1.86 bits per heavy atom. The molecule has 0 saturated carbocycles. The molecule has 10 heteroatoms. The molecular formula is C25H30N8OS. The van der Waals surface area contributed by atoms with Crippen molar-refractivity contribution in [1.82, 2.24) is 24.9 Å². The number of aromatic nitrogens is 5. The van der Waals surface area contributed by atoms with Crippen LogP contribution in [0.2, 0.25) is 0 Å². The highest BCUT2D eigenvalue weighted by Gasteiger charge is 2.21. The Balaban J connectivity index is 1.51. The van der Waals surface area contributed by atoms with Gasteiger partial charge in [0.25, 0.3) is 0 Å². The number of hydrogen-bond donors (Lipinski definition) is 0. The highest BCUT2D eigenvalue weighted by Crippen LogP contribution is 2.35. The third-order valence-electron chi connectivity index (χ3n) is 5.98. The molecule has 4 aromatic rings. The fraction of sp³-hybridized carbons (Fsp3) is 0.400. The normalized spacial score (nSPS) is 13.9. The molecule has 1 aliphatic heterocycles. The van der Waals surface area contributed by atoms with Gasteiger partial charge in [-0.2, -0.15) is 0 Å². The van der Waals surface area contributed by atoms with Crippen LogP contribution in [0.15, 0.2) is 36.7 Å². The van der Waals surface area contributed by atoms with E-state index in [1.807, 2.05) is 56.6 Å². The SMILES string of the molecule is CCc1ccnc(N(C)Cc2cc3nc(-c4ccc(N(C)C)nc4)nc(N4CCOCC4)c3s2)n1. The molecule has 0 atom stereocenters. The van der Waals surface area contributed by atoms with Gasteiger partial charge in [0.2, 0.25) is 5.95 Å². The van der Waals surface area contributed by atoms with Crippen LogP contribution in [0.5, 0.6) is 0 Å². The van der Waals surface area contributed by atoms with Gasteiger partial charge < -0.3 is 19.4 Å². The van der Waals surface area contributed by atoms with Crippen LogP contribution in [0.1, 0.15) is 17.5 Å². The van der Waals surface area contributed by atoms with Crippen LogP contribution in [0, 0.1) is 0 Å². The topological polar surface area (TPSA) is 83.4 Å². The molecule has 9 nitrogen and oxygen atoms in total. The summed E-state index contributed by atoms with van der Waals surface area (Å²) in [5, 5.41) is 0. The van der Waals surface area contributed by atoms with Crippen LogP contribution < -0.4 is 14.7 Å². The lowest BCUT2D eigenvalue weighted by Gasteiger charge is -2.28. The minimum atomic E-state index is 0.688. The average molecular weight is 491 g/mol. The first-order chi connectivity index (χ1) is 17.0. The first-order valence-corrected chi connectivity index (χ1v) is 12.6. The molecule has 5 heterocycles. The molecule has 0 radical (unpaired) electrons. The average Bonchev–Trinajstić information content (AvgIpc) is 3.31. The van der Waals surface area contributed by atoms with Crippen molar-refractivity contribution < 1.29 is 4.74 Å². The monoisotopic (exact) mass is 490 g/mol. The van der Waals surface area contributed by atoms with E-state index in [1.165, 1.54) is 4.88 Å². The molecule has 182 valence electrons. The Bertz CT molecular complexity index is 1300. The molecule has 4 aromatic heterocycles. The quantitative estimate of drug-likeness (QED) is 0.385. The maximum atomic E-state index is 5.59. The second kappa shape index (κ2) is 10.1. The molecule has 0 aromatic carbocycles. The zero-order valence-electron chi connectivity index (χ0n) is 20.6. The van der Waals surface area contributed by atoms with Crippen LogP contribution in [-0.4, -0.2) is 72.4 Å².